The number of amides is 1. The summed E-state index contributed by atoms with van der Waals surface area (Å²) < 4.78 is 39.2. The van der Waals surface area contributed by atoms with Crippen molar-refractivity contribution < 1.29 is 18.0 Å². The Morgan fingerprint density at radius 2 is 1.96 bits per heavy atom. The third-order valence-electron chi connectivity index (χ3n) is 5.96. The highest BCUT2D eigenvalue weighted by atomic mass is 19.4. The van der Waals surface area contributed by atoms with E-state index in [4.69, 9.17) is 5.73 Å². The number of carbonyl (C=O) groups is 1. The first kappa shape index (κ1) is 18.2. The lowest BCUT2D eigenvalue weighted by Crippen LogP contribution is -2.59. The molecule has 1 aromatic carbocycles. The van der Waals surface area contributed by atoms with Gasteiger partial charge in [0.05, 0.1) is 11.0 Å². The van der Waals surface area contributed by atoms with Crippen LogP contribution in [0.15, 0.2) is 24.3 Å². The van der Waals surface area contributed by atoms with E-state index in [0.29, 0.717) is 31.5 Å². The predicted octanol–water partition coefficient (Wildman–Crippen LogP) is 3.71. The maximum atomic E-state index is 13.3. The maximum Gasteiger partial charge on any atom is 0.416 e. The molecule has 1 unspecified atom stereocenters. The van der Waals surface area contributed by atoms with Gasteiger partial charge in [-0.05, 0) is 36.3 Å². The standard InChI is InChI=1S/C19H25F3N2O/c1-17(2)12-24(10-7-15(17)23)16(25)18(8-4-9-18)13-5-3-6-14(11-13)19(20,21)22/h3,5-6,11,15H,4,7-10,12,23H2,1-2H3. The SMILES string of the molecule is CC1(C)CN(C(=O)C2(c3cccc(C(F)(F)F)c3)CCC2)CCC1N. The summed E-state index contributed by atoms with van der Waals surface area (Å²) in [5.41, 5.74) is 4.95. The monoisotopic (exact) mass is 354 g/mol. The van der Waals surface area contributed by atoms with Crippen LogP contribution in [-0.2, 0) is 16.4 Å². The fraction of sp³-hybridized carbons (Fsp3) is 0.632. The molecule has 0 aromatic heterocycles. The average molecular weight is 354 g/mol. The molecule has 3 rings (SSSR count). The Bertz CT molecular complexity index is 665. The molecule has 6 heteroatoms. The molecule has 138 valence electrons. The van der Waals surface area contributed by atoms with Gasteiger partial charge in [-0.2, -0.15) is 13.2 Å². The summed E-state index contributed by atoms with van der Waals surface area (Å²) >= 11 is 0. The number of alkyl halides is 3. The zero-order valence-electron chi connectivity index (χ0n) is 14.7. The second kappa shape index (κ2) is 6.01. The lowest BCUT2D eigenvalue weighted by Gasteiger charge is -2.49. The number of hydrogen-bond acceptors (Lipinski definition) is 2. The van der Waals surface area contributed by atoms with Crippen LogP contribution in [0.4, 0.5) is 13.2 Å². The van der Waals surface area contributed by atoms with Gasteiger partial charge in [-0.3, -0.25) is 4.79 Å². The molecule has 2 N–H and O–H groups in total. The average Bonchev–Trinajstić information content (AvgIpc) is 2.48. The summed E-state index contributed by atoms with van der Waals surface area (Å²) in [6.45, 7) is 5.20. The van der Waals surface area contributed by atoms with Crippen LogP contribution >= 0.6 is 0 Å². The van der Waals surface area contributed by atoms with Crippen molar-refractivity contribution in [2.24, 2.45) is 11.1 Å². The van der Waals surface area contributed by atoms with Gasteiger partial charge < -0.3 is 10.6 Å². The summed E-state index contributed by atoms with van der Waals surface area (Å²) in [7, 11) is 0. The van der Waals surface area contributed by atoms with Crippen LogP contribution in [-0.4, -0.2) is 29.9 Å². The van der Waals surface area contributed by atoms with Crippen LogP contribution in [0, 0.1) is 5.41 Å². The van der Waals surface area contributed by atoms with Gasteiger partial charge >= 0.3 is 6.18 Å². The van der Waals surface area contributed by atoms with Crippen LogP contribution in [0.1, 0.15) is 50.7 Å². The summed E-state index contributed by atoms with van der Waals surface area (Å²) in [6, 6.07) is 5.30. The van der Waals surface area contributed by atoms with Gasteiger partial charge in [0.2, 0.25) is 5.91 Å². The zero-order chi connectivity index (χ0) is 18.5. The molecule has 1 aliphatic carbocycles. The molecule has 2 fully saturated rings. The van der Waals surface area contributed by atoms with E-state index >= 15 is 0 Å². The van der Waals surface area contributed by atoms with Crippen molar-refractivity contribution in [2.75, 3.05) is 13.1 Å². The lowest BCUT2D eigenvalue weighted by molar-refractivity contribution is -0.145. The molecular weight excluding hydrogens is 329 g/mol. The van der Waals surface area contributed by atoms with Gasteiger partial charge in [0.25, 0.3) is 0 Å². The van der Waals surface area contributed by atoms with E-state index in [1.54, 1.807) is 6.07 Å². The summed E-state index contributed by atoms with van der Waals surface area (Å²) in [5.74, 6) is -0.0435. The highest BCUT2D eigenvalue weighted by Gasteiger charge is 2.50. The fourth-order valence-electron chi connectivity index (χ4n) is 4.00. The number of likely N-dealkylation sites (tertiary alicyclic amines) is 1. The van der Waals surface area contributed by atoms with Gasteiger partial charge in [0.15, 0.2) is 0 Å². The van der Waals surface area contributed by atoms with Crippen LogP contribution < -0.4 is 5.73 Å². The molecule has 1 saturated carbocycles. The number of nitrogens with two attached hydrogens (primary N) is 1. The van der Waals surface area contributed by atoms with Crippen molar-refractivity contribution >= 4 is 5.91 Å². The van der Waals surface area contributed by atoms with E-state index in [0.717, 1.165) is 25.0 Å². The Kier molecular flexibility index (Phi) is 4.38. The van der Waals surface area contributed by atoms with Crippen LogP contribution in [0.2, 0.25) is 0 Å². The minimum Gasteiger partial charge on any atom is -0.341 e. The van der Waals surface area contributed by atoms with Crippen molar-refractivity contribution in [2.45, 2.75) is 57.2 Å². The van der Waals surface area contributed by atoms with E-state index in [9.17, 15) is 18.0 Å². The molecule has 3 nitrogen and oxygen atoms in total. The van der Waals surface area contributed by atoms with Crippen molar-refractivity contribution in [1.82, 2.24) is 4.90 Å². The van der Waals surface area contributed by atoms with E-state index in [1.165, 1.54) is 6.07 Å². The molecule has 1 aliphatic heterocycles. The number of piperidine rings is 1. The molecule has 1 atom stereocenters. The third kappa shape index (κ3) is 3.16. The molecule has 0 radical (unpaired) electrons. The number of hydrogen-bond donors (Lipinski definition) is 1. The van der Waals surface area contributed by atoms with Crippen molar-refractivity contribution in [3.8, 4) is 0 Å². The Morgan fingerprint density at radius 3 is 2.48 bits per heavy atom. The highest BCUT2D eigenvalue weighted by molar-refractivity contribution is 5.89. The second-order valence-electron chi connectivity index (χ2n) is 8.12. The minimum absolute atomic E-state index is 0.0300. The first-order valence-electron chi connectivity index (χ1n) is 8.79. The Hall–Kier alpha value is -1.56. The minimum atomic E-state index is -4.40. The van der Waals surface area contributed by atoms with E-state index in [2.05, 4.69) is 0 Å². The first-order chi connectivity index (χ1) is 11.6. The van der Waals surface area contributed by atoms with Gasteiger partial charge in [0, 0.05) is 19.1 Å². The largest absolute Gasteiger partial charge is 0.416 e. The smallest absolute Gasteiger partial charge is 0.341 e. The van der Waals surface area contributed by atoms with E-state index < -0.39 is 17.2 Å². The van der Waals surface area contributed by atoms with Gasteiger partial charge in [-0.1, -0.05) is 38.5 Å². The topological polar surface area (TPSA) is 46.3 Å². The molecule has 0 spiro atoms. The fourth-order valence-corrected chi connectivity index (χ4v) is 4.00. The maximum absolute atomic E-state index is 13.3. The molecule has 25 heavy (non-hydrogen) atoms. The molecule has 1 saturated heterocycles. The zero-order valence-corrected chi connectivity index (χ0v) is 14.7. The van der Waals surface area contributed by atoms with E-state index in [-0.39, 0.29) is 17.4 Å². The molecule has 2 aliphatic rings. The molecule has 0 bridgehead atoms. The second-order valence-corrected chi connectivity index (χ2v) is 8.12. The Balaban J connectivity index is 1.90. The Labute approximate surface area is 146 Å². The highest BCUT2D eigenvalue weighted by Crippen LogP contribution is 2.47. The summed E-state index contributed by atoms with van der Waals surface area (Å²) in [6.07, 6.45) is -1.60. The molecule has 1 aromatic rings. The summed E-state index contributed by atoms with van der Waals surface area (Å²) in [4.78, 5) is 15.1. The third-order valence-corrected chi connectivity index (χ3v) is 5.96. The van der Waals surface area contributed by atoms with Crippen LogP contribution in [0.5, 0.6) is 0 Å². The van der Waals surface area contributed by atoms with Crippen molar-refractivity contribution in [3.05, 3.63) is 35.4 Å². The van der Waals surface area contributed by atoms with E-state index in [1.807, 2.05) is 18.7 Å². The van der Waals surface area contributed by atoms with Crippen LogP contribution in [0.3, 0.4) is 0 Å². The number of carbonyl (C=O) groups excluding carboxylic acids is 1. The number of rotatable bonds is 2. The number of nitrogens with zero attached hydrogens (tertiary/aromatic N) is 1. The first-order valence-corrected chi connectivity index (χ1v) is 8.79. The molecular formula is C19H25F3N2O. The van der Waals surface area contributed by atoms with Gasteiger partial charge in [0.1, 0.15) is 0 Å². The van der Waals surface area contributed by atoms with Gasteiger partial charge in [-0.25, -0.2) is 0 Å². The predicted molar refractivity (Wildman–Crippen MR) is 89.9 cm³/mol. The van der Waals surface area contributed by atoms with Crippen molar-refractivity contribution in [1.29, 1.82) is 0 Å². The lowest BCUT2D eigenvalue weighted by atomic mass is 9.63. The molecule has 1 amide bonds. The molecule has 1 heterocycles. The van der Waals surface area contributed by atoms with Gasteiger partial charge in [-0.15, -0.1) is 0 Å². The number of benzene rings is 1. The van der Waals surface area contributed by atoms with Crippen LogP contribution in [0.25, 0.3) is 0 Å². The summed E-state index contributed by atoms with van der Waals surface area (Å²) in [5, 5.41) is 0. The quantitative estimate of drug-likeness (QED) is 0.880. The normalized spacial score (nSPS) is 25.4. The Morgan fingerprint density at radius 1 is 1.28 bits per heavy atom. The van der Waals surface area contributed by atoms with Crippen molar-refractivity contribution in [3.63, 3.8) is 0 Å². The number of halogens is 3.